The maximum Gasteiger partial charge on any atom is 0.262 e. The molecule has 2 amide bonds. The van der Waals surface area contributed by atoms with Gasteiger partial charge >= 0.3 is 0 Å². The number of amides is 2. The van der Waals surface area contributed by atoms with Gasteiger partial charge in [0.25, 0.3) is 5.91 Å². The zero-order valence-corrected chi connectivity index (χ0v) is 14.9. The summed E-state index contributed by atoms with van der Waals surface area (Å²) in [7, 11) is 0. The summed E-state index contributed by atoms with van der Waals surface area (Å²) in [6.45, 7) is 6.19. The van der Waals surface area contributed by atoms with Crippen LogP contribution in [0.25, 0.3) is 0 Å². The highest BCUT2D eigenvalue weighted by molar-refractivity contribution is 7.12. The lowest BCUT2D eigenvalue weighted by Gasteiger charge is -2.22. The summed E-state index contributed by atoms with van der Waals surface area (Å²) < 4.78 is 5.52. The summed E-state index contributed by atoms with van der Waals surface area (Å²) in [5.41, 5.74) is 0.598. The highest BCUT2D eigenvalue weighted by Crippen LogP contribution is 2.24. The predicted molar refractivity (Wildman–Crippen MR) is 96.7 cm³/mol. The van der Waals surface area contributed by atoms with E-state index >= 15 is 0 Å². The van der Waals surface area contributed by atoms with E-state index in [1.165, 1.54) is 11.3 Å². The van der Waals surface area contributed by atoms with Crippen LogP contribution in [-0.4, -0.2) is 24.5 Å². The molecule has 2 aromatic rings. The molecular formula is C18H22N2O3S. The van der Waals surface area contributed by atoms with E-state index < -0.39 is 6.04 Å². The van der Waals surface area contributed by atoms with E-state index in [0.29, 0.717) is 22.9 Å². The second kappa shape index (κ2) is 8.49. The van der Waals surface area contributed by atoms with E-state index in [2.05, 4.69) is 10.6 Å². The molecule has 0 spiro atoms. The van der Waals surface area contributed by atoms with Gasteiger partial charge < -0.3 is 15.4 Å². The molecule has 0 aliphatic rings. The van der Waals surface area contributed by atoms with Crippen LogP contribution in [0.15, 0.2) is 41.8 Å². The molecule has 0 radical (unpaired) electrons. The van der Waals surface area contributed by atoms with Gasteiger partial charge in [-0.2, -0.15) is 0 Å². The molecule has 1 aromatic heterocycles. The fraction of sp³-hybridized carbons (Fsp3) is 0.333. The van der Waals surface area contributed by atoms with E-state index in [9.17, 15) is 9.59 Å². The van der Waals surface area contributed by atoms with Crippen molar-refractivity contribution >= 4 is 28.8 Å². The highest BCUT2D eigenvalue weighted by atomic mass is 32.1. The molecular weight excluding hydrogens is 324 g/mol. The zero-order valence-electron chi connectivity index (χ0n) is 14.0. The van der Waals surface area contributed by atoms with E-state index in [1.54, 1.807) is 18.2 Å². The van der Waals surface area contributed by atoms with Crippen LogP contribution in [0, 0.1) is 5.92 Å². The molecule has 0 saturated carbocycles. The van der Waals surface area contributed by atoms with Gasteiger partial charge in [0.15, 0.2) is 0 Å². The first-order chi connectivity index (χ1) is 11.5. The first kappa shape index (κ1) is 18.0. The Kier molecular flexibility index (Phi) is 6.37. The molecule has 0 bridgehead atoms. The zero-order chi connectivity index (χ0) is 17.5. The van der Waals surface area contributed by atoms with Crippen LogP contribution in [0.4, 0.5) is 5.69 Å². The molecule has 0 aliphatic heterocycles. The van der Waals surface area contributed by atoms with Gasteiger partial charge in [-0.25, -0.2) is 0 Å². The van der Waals surface area contributed by atoms with Crippen LogP contribution < -0.4 is 15.4 Å². The molecule has 128 valence electrons. The topological polar surface area (TPSA) is 67.4 Å². The van der Waals surface area contributed by atoms with Crippen LogP contribution in [0.3, 0.4) is 0 Å². The van der Waals surface area contributed by atoms with Crippen LogP contribution in [0.1, 0.15) is 30.4 Å². The van der Waals surface area contributed by atoms with Crippen LogP contribution in [-0.2, 0) is 4.79 Å². The number of carbonyl (C=O) groups is 2. The van der Waals surface area contributed by atoms with Gasteiger partial charge in [0, 0.05) is 0 Å². The van der Waals surface area contributed by atoms with Gasteiger partial charge in [-0.15, -0.1) is 11.3 Å². The SMILES string of the molecule is CCOc1ccccc1NC(=O)C(NC(=O)c1cccs1)C(C)C. The van der Waals surface area contributed by atoms with E-state index in [-0.39, 0.29) is 17.7 Å². The van der Waals surface area contributed by atoms with Gasteiger partial charge in [-0.1, -0.05) is 32.0 Å². The third-order valence-corrected chi connectivity index (χ3v) is 4.29. The van der Waals surface area contributed by atoms with E-state index in [4.69, 9.17) is 4.74 Å². The van der Waals surface area contributed by atoms with Crippen molar-refractivity contribution in [2.45, 2.75) is 26.8 Å². The molecule has 5 nitrogen and oxygen atoms in total. The normalized spacial score (nSPS) is 11.8. The molecule has 1 atom stereocenters. The maximum absolute atomic E-state index is 12.6. The van der Waals surface area contributed by atoms with Crippen molar-refractivity contribution in [1.82, 2.24) is 5.32 Å². The van der Waals surface area contributed by atoms with Gasteiger partial charge in [0.05, 0.1) is 17.2 Å². The van der Waals surface area contributed by atoms with Crippen LogP contribution in [0.2, 0.25) is 0 Å². The van der Waals surface area contributed by atoms with E-state index in [0.717, 1.165) is 0 Å². The second-order valence-electron chi connectivity index (χ2n) is 5.59. The van der Waals surface area contributed by atoms with Crippen LogP contribution in [0.5, 0.6) is 5.75 Å². The Hall–Kier alpha value is -2.34. The number of rotatable bonds is 7. The molecule has 0 aliphatic carbocycles. The fourth-order valence-electron chi connectivity index (χ4n) is 2.22. The lowest BCUT2D eigenvalue weighted by molar-refractivity contribution is -0.118. The van der Waals surface area contributed by atoms with Crippen molar-refractivity contribution in [2.24, 2.45) is 5.92 Å². The monoisotopic (exact) mass is 346 g/mol. The molecule has 6 heteroatoms. The molecule has 0 fully saturated rings. The summed E-state index contributed by atoms with van der Waals surface area (Å²) in [6, 6.07) is 10.2. The molecule has 24 heavy (non-hydrogen) atoms. The van der Waals surface area contributed by atoms with Crippen molar-refractivity contribution in [3.8, 4) is 5.75 Å². The molecule has 2 N–H and O–H groups in total. The van der Waals surface area contributed by atoms with Gasteiger partial charge in [-0.3, -0.25) is 9.59 Å². The maximum atomic E-state index is 12.6. The first-order valence-electron chi connectivity index (χ1n) is 7.90. The number of nitrogens with one attached hydrogen (secondary N) is 2. The number of carbonyl (C=O) groups excluding carboxylic acids is 2. The van der Waals surface area contributed by atoms with Crippen molar-refractivity contribution in [3.05, 3.63) is 46.7 Å². The summed E-state index contributed by atoms with van der Waals surface area (Å²) in [4.78, 5) is 25.5. The van der Waals surface area contributed by atoms with Crippen molar-refractivity contribution in [1.29, 1.82) is 0 Å². The molecule has 1 aromatic carbocycles. The number of anilines is 1. The average molecular weight is 346 g/mol. The Morgan fingerprint density at radius 2 is 1.92 bits per heavy atom. The van der Waals surface area contributed by atoms with Gasteiger partial charge in [0.1, 0.15) is 11.8 Å². The lowest BCUT2D eigenvalue weighted by atomic mass is 10.0. The Labute approximate surface area is 146 Å². The summed E-state index contributed by atoms with van der Waals surface area (Å²) in [5, 5.41) is 7.49. The van der Waals surface area contributed by atoms with Gasteiger partial charge in [-0.05, 0) is 36.4 Å². The third kappa shape index (κ3) is 4.58. The Bertz CT molecular complexity index is 683. The largest absolute Gasteiger partial charge is 0.492 e. The molecule has 2 rings (SSSR count). The van der Waals surface area contributed by atoms with E-state index in [1.807, 2.05) is 44.4 Å². The molecule has 0 saturated heterocycles. The van der Waals surface area contributed by atoms with Crippen molar-refractivity contribution < 1.29 is 14.3 Å². The summed E-state index contributed by atoms with van der Waals surface area (Å²) in [5.74, 6) is 0.0626. The Morgan fingerprint density at radius 1 is 1.17 bits per heavy atom. The minimum absolute atomic E-state index is 0.0480. The summed E-state index contributed by atoms with van der Waals surface area (Å²) >= 11 is 1.35. The minimum atomic E-state index is -0.630. The third-order valence-electron chi connectivity index (χ3n) is 3.43. The highest BCUT2D eigenvalue weighted by Gasteiger charge is 2.25. The number of benzene rings is 1. The first-order valence-corrected chi connectivity index (χ1v) is 8.78. The van der Waals surface area contributed by atoms with Gasteiger partial charge in [0.2, 0.25) is 5.91 Å². The predicted octanol–water partition coefficient (Wildman–Crippen LogP) is 3.54. The summed E-state index contributed by atoms with van der Waals surface area (Å²) in [6.07, 6.45) is 0. The molecule has 1 unspecified atom stereocenters. The quantitative estimate of drug-likeness (QED) is 0.806. The fourth-order valence-corrected chi connectivity index (χ4v) is 2.84. The Balaban J connectivity index is 2.11. The Morgan fingerprint density at radius 3 is 2.54 bits per heavy atom. The second-order valence-corrected chi connectivity index (χ2v) is 6.54. The average Bonchev–Trinajstić information content (AvgIpc) is 3.08. The molecule has 1 heterocycles. The van der Waals surface area contributed by atoms with Crippen molar-refractivity contribution in [3.63, 3.8) is 0 Å². The number of thiophene rings is 1. The number of hydrogen-bond acceptors (Lipinski definition) is 4. The smallest absolute Gasteiger partial charge is 0.262 e. The lowest BCUT2D eigenvalue weighted by Crippen LogP contribution is -2.47. The number of ether oxygens (including phenoxy) is 1. The number of para-hydroxylation sites is 2. The minimum Gasteiger partial charge on any atom is -0.492 e. The van der Waals surface area contributed by atoms with Crippen molar-refractivity contribution in [2.75, 3.05) is 11.9 Å². The number of hydrogen-bond donors (Lipinski definition) is 2. The van der Waals surface area contributed by atoms with Crippen LogP contribution >= 0.6 is 11.3 Å². The standard InChI is InChI=1S/C18H22N2O3S/c1-4-23-14-9-6-5-8-13(14)19-18(22)16(12(2)3)20-17(21)15-10-7-11-24-15/h5-12,16H,4H2,1-3H3,(H,19,22)(H,20,21).